The Hall–Kier alpha value is -3.03. The fourth-order valence-electron chi connectivity index (χ4n) is 1.67. The highest BCUT2D eigenvalue weighted by molar-refractivity contribution is 5.90. The highest BCUT2D eigenvalue weighted by Crippen LogP contribution is 2.32. The van der Waals surface area contributed by atoms with E-state index in [-0.39, 0.29) is 22.9 Å². The van der Waals surface area contributed by atoms with Gasteiger partial charge in [0.05, 0.1) is 11.1 Å². The maximum Gasteiger partial charge on any atom is 0.341 e. The van der Waals surface area contributed by atoms with Crippen LogP contribution in [0.2, 0.25) is 0 Å². The lowest BCUT2D eigenvalue weighted by molar-refractivity contribution is -0.385. The first-order chi connectivity index (χ1) is 10.0. The molecule has 0 radical (unpaired) electrons. The molecule has 1 N–H and O–H groups in total. The molecular formula is C13H11N3O5. The monoisotopic (exact) mass is 289 g/mol. The van der Waals surface area contributed by atoms with Gasteiger partial charge in [0.1, 0.15) is 5.56 Å². The Morgan fingerprint density at radius 3 is 2.81 bits per heavy atom. The van der Waals surface area contributed by atoms with Crippen molar-refractivity contribution in [3.63, 3.8) is 0 Å². The smallest absolute Gasteiger partial charge is 0.341 e. The van der Waals surface area contributed by atoms with Gasteiger partial charge in [-0.15, -0.1) is 5.10 Å². The molecule has 0 saturated heterocycles. The van der Waals surface area contributed by atoms with E-state index in [1.54, 1.807) is 6.07 Å². The first-order valence-corrected chi connectivity index (χ1v) is 6.03. The van der Waals surface area contributed by atoms with E-state index in [9.17, 15) is 14.9 Å². The van der Waals surface area contributed by atoms with E-state index in [0.29, 0.717) is 6.42 Å². The summed E-state index contributed by atoms with van der Waals surface area (Å²) in [6.07, 6.45) is 1.83. The second-order valence-electron chi connectivity index (χ2n) is 4.07. The van der Waals surface area contributed by atoms with Crippen molar-refractivity contribution in [3.8, 4) is 11.6 Å². The van der Waals surface area contributed by atoms with Crippen molar-refractivity contribution in [1.82, 2.24) is 10.2 Å². The molecule has 2 rings (SSSR count). The second kappa shape index (κ2) is 5.95. The number of ether oxygens (including phenoxy) is 1. The number of hydrogen-bond acceptors (Lipinski definition) is 6. The predicted octanol–water partition coefficient (Wildman–Crippen LogP) is 2.44. The van der Waals surface area contributed by atoms with Crippen LogP contribution >= 0.6 is 0 Å². The van der Waals surface area contributed by atoms with Gasteiger partial charge in [0, 0.05) is 6.07 Å². The predicted molar refractivity (Wildman–Crippen MR) is 71.5 cm³/mol. The number of rotatable bonds is 5. The minimum Gasteiger partial charge on any atom is -0.477 e. The molecular weight excluding hydrogens is 278 g/mol. The third-order valence-electron chi connectivity index (χ3n) is 2.75. The molecule has 1 aromatic heterocycles. The summed E-state index contributed by atoms with van der Waals surface area (Å²) in [6, 6.07) is 5.67. The maximum absolute atomic E-state index is 11.1. The maximum atomic E-state index is 11.1. The number of carboxylic acids is 1. The van der Waals surface area contributed by atoms with E-state index >= 15 is 0 Å². The summed E-state index contributed by atoms with van der Waals surface area (Å²) in [5.74, 6) is -1.63. The summed E-state index contributed by atoms with van der Waals surface area (Å²) in [4.78, 5) is 21.5. The van der Waals surface area contributed by atoms with Gasteiger partial charge in [-0.3, -0.25) is 10.1 Å². The van der Waals surface area contributed by atoms with Crippen molar-refractivity contribution in [2.45, 2.75) is 13.3 Å². The van der Waals surface area contributed by atoms with Gasteiger partial charge < -0.3 is 9.84 Å². The summed E-state index contributed by atoms with van der Waals surface area (Å²) < 4.78 is 5.27. The average molecular weight is 289 g/mol. The van der Waals surface area contributed by atoms with Crippen LogP contribution in [0.15, 0.2) is 30.5 Å². The van der Waals surface area contributed by atoms with Crippen LogP contribution in [0, 0.1) is 10.1 Å². The van der Waals surface area contributed by atoms with Gasteiger partial charge in [-0.2, -0.15) is 5.10 Å². The number of hydrogen-bond donors (Lipinski definition) is 1. The number of aryl methyl sites for hydroxylation is 1. The van der Waals surface area contributed by atoms with Gasteiger partial charge in [0.25, 0.3) is 5.88 Å². The highest BCUT2D eigenvalue weighted by Gasteiger charge is 2.20. The van der Waals surface area contributed by atoms with Crippen molar-refractivity contribution in [2.75, 3.05) is 0 Å². The average Bonchev–Trinajstić information content (AvgIpc) is 2.47. The van der Waals surface area contributed by atoms with Crippen LogP contribution in [0.4, 0.5) is 5.69 Å². The van der Waals surface area contributed by atoms with Crippen LogP contribution in [0.1, 0.15) is 22.8 Å². The van der Waals surface area contributed by atoms with Crippen molar-refractivity contribution in [2.24, 2.45) is 0 Å². The van der Waals surface area contributed by atoms with Crippen LogP contribution in [-0.4, -0.2) is 26.2 Å². The lowest BCUT2D eigenvalue weighted by Crippen LogP contribution is -2.04. The molecule has 0 spiro atoms. The van der Waals surface area contributed by atoms with Crippen LogP contribution < -0.4 is 4.74 Å². The molecule has 0 aliphatic carbocycles. The fourth-order valence-corrected chi connectivity index (χ4v) is 1.67. The lowest BCUT2D eigenvalue weighted by atomic mass is 10.1. The summed E-state index contributed by atoms with van der Waals surface area (Å²) in [5, 5.41) is 27.2. The molecule has 0 aliphatic rings. The standard InChI is InChI=1S/C13H11N3O5/c1-2-8-3-4-11(10(7-8)16(19)20)21-12-9(13(17)18)5-6-14-15-12/h3-7H,2H2,1H3,(H,17,18). The Kier molecular flexibility index (Phi) is 4.07. The zero-order valence-corrected chi connectivity index (χ0v) is 11.0. The number of benzene rings is 1. The molecule has 8 nitrogen and oxygen atoms in total. The number of nitro benzene ring substituents is 1. The molecule has 1 heterocycles. The fraction of sp³-hybridized carbons (Fsp3) is 0.154. The van der Waals surface area contributed by atoms with Crippen LogP contribution in [0.5, 0.6) is 11.6 Å². The van der Waals surface area contributed by atoms with Gasteiger partial charge in [0.15, 0.2) is 0 Å². The zero-order valence-electron chi connectivity index (χ0n) is 11.0. The molecule has 0 amide bonds. The summed E-state index contributed by atoms with van der Waals surface area (Å²) >= 11 is 0. The molecule has 8 heteroatoms. The Balaban J connectivity index is 2.45. The molecule has 21 heavy (non-hydrogen) atoms. The van der Waals surface area contributed by atoms with Gasteiger partial charge >= 0.3 is 11.7 Å². The minimum atomic E-state index is -1.26. The molecule has 0 aliphatic heterocycles. The zero-order chi connectivity index (χ0) is 15.4. The lowest BCUT2D eigenvalue weighted by Gasteiger charge is -2.07. The van der Waals surface area contributed by atoms with Gasteiger partial charge in [0.2, 0.25) is 5.75 Å². The number of aromatic nitrogens is 2. The number of carbonyl (C=O) groups is 1. The van der Waals surface area contributed by atoms with E-state index in [0.717, 1.165) is 5.56 Å². The second-order valence-corrected chi connectivity index (χ2v) is 4.07. The third-order valence-corrected chi connectivity index (χ3v) is 2.75. The van der Waals surface area contributed by atoms with Crippen molar-refractivity contribution >= 4 is 11.7 Å². The Morgan fingerprint density at radius 1 is 1.43 bits per heavy atom. The number of nitro groups is 1. The van der Waals surface area contributed by atoms with Crippen LogP contribution in [0.25, 0.3) is 0 Å². The van der Waals surface area contributed by atoms with Crippen LogP contribution in [-0.2, 0) is 6.42 Å². The topological polar surface area (TPSA) is 115 Å². The van der Waals surface area contributed by atoms with E-state index in [2.05, 4.69) is 10.2 Å². The quantitative estimate of drug-likeness (QED) is 0.663. The molecule has 1 aromatic carbocycles. The number of aromatic carboxylic acids is 1. The molecule has 0 saturated carbocycles. The molecule has 0 bridgehead atoms. The van der Waals surface area contributed by atoms with Crippen molar-refractivity contribution in [3.05, 3.63) is 51.7 Å². The van der Waals surface area contributed by atoms with Gasteiger partial charge in [-0.05, 0) is 24.1 Å². The van der Waals surface area contributed by atoms with Crippen molar-refractivity contribution in [1.29, 1.82) is 0 Å². The first-order valence-electron chi connectivity index (χ1n) is 6.03. The van der Waals surface area contributed by atoms with Crippen molar-refractivity contribution < 1.29 is 19.6 Å². The van der Waals surface area contributed by atoms with E-state index in [1.165, 1.54) is 24.4 Å². The molecule has 0 unspecified atom stereocenters. The molecule has 2 aromatic rings. The SMILES string of the molecule is CCc1ccc(Oc2nnccc2C(=O)O)c([N+](=O)[O-])c1. The molecule has 0 atom stereocenters. The van der Waals surface area contributed by atoms with Crippen LogP contribution in [0.3, 0.4) is 0 Å². The third kappa shape index (κ3) is 3.11. The van der Waals surface area contributed by atoms with E-state index in [1.807, 2.05) is 6.92 Å². The van der Waals surface area contributed by atoms with Gasteiger partial charge in [-0.1, -0.05) is 13.0 Å². The highest BCUT2D eigenvalue weighted by atomic mass is 16.6. The van der Waals surface area contributed by atoms with E-state index < -0.39 is 10.9 Å². The van der Waals surface area contributed by atoms with E-state index in [4.69, 9.17) is 9.84 Å². The first kappa shape index (κ1) is 14.4. The number of nitrogens with zero attached hydrogens (tertiary/aromatic N) is 3. The normalized spacial score (nSPS) is 10.1. The minimum absolute atomic E-state index is 0.0831. The summed E-state index contributed by atoms with van der Waals surface area (Å²) in [7, 11) is 0. The molecule has 0 fully saturated rings. The Bertz CT molecular complexity index is 702. The Labute approximate surface area is 119 Å². The largest absolute Gasteiger partial charge is 0.477 e. The number of carboxylic acid groups (broad SMARTS) is 1. The molecule has 108 valence electrons. The van der Waals surface area contributed by atoms with Gasteiger partial charge in [-0.25, -0.2) is 4.79 Å². The summed E-state index contributed by atoms with van der Waals surface area (Å²) in [6.45, 7) is 1.87. The Morgan fingerprint density at radius 2 is 2.19 bits per heavy atom. The summed E-state index contributed by atoms with van der Waals surface area (Å²) in [5.41, 5.74) is 0.293.